The number of alkyl halides is 3. The highest BCUT2D eigenvalue weighted by atomic mass is 19.4. The van der Waals surface area contributed by atoms with E-state index in [1.807, 2.05) is 0 Å². The lowest BCUT2D eigenvalue weighted by Crippen LogP contribution is -2.32. The van der Waals surface area contributed by atoms with E-state index < -0.39 is 30.1 Å². The summed E-state index contributed by atoms with van der Waals surface area (Å²) >= 11 is 0. The van der Waals surface area contributed by atoms with Crippen molar-refractivity contribution in [1.82, 2.24) is 20.3 Å². The summed E-state index contributed by atoms with van der Waals surface area (Å²) in [6.07, 6.45) is -1.54. The Morgan fingerprint density at radius 1 is 1.13 bits per heavy atom. The topological polar surface area (TPSA) is 88.0 Å². The molecule has 4 rings (SSSR count). The van der Waals surface area contributed by atoms with Gasteiger partial charge in [0, 0.05) is 24.2 Å². The van der Waals surface area contributed by atoms with E-state index in [2.05, 4.69) is 20.3 Å². The zero-order valence-electron chi connectivity index (χ0n) is 15.9. The first kappa shape index (κ1) is 20.9. The van der Waals surface area contributed by atoms with Gasteiger partial charge in [-0.25, -0.2) is 14.4 Å². The van der Waals surface area contributed by atoms with E-state index in [1.165, 1.54) is 18.6 Å². The fraction of sp³-hybridized carbons (Fsp3) is 0.238. The number of hydrogen-bond donors (Lipinski definition) is 2. The van der Waals surface area contributed by atoms with Crippen LogP contribution >= 0.6 is 0 Å². The predicted molar refractivity (Wildman–Crippen MR) is 102 cm³/mol. The van der Waals surface area contributed by atoms with E-state index in [0.717, 1.165) is 12.1 Å². The Hall–Kier alpha value is -3.40. The molecule has 6 nitrogen and oxygen atoms in total. The first-order valence-electron chi connectivity index (χ1n) is 9.35. The Bertz CT molecular complexity index is 1150. The van der Waals surface area contributed by atoms with Gasteiger partial charge in [-0.15, -0.1) is 0 Å². The van der Waals surface area contributed by atoms with Crippen molar-refractivity contribution in [3.05, 3.63) is 76.6 Å². The standard InChI is InChI=1S/C21H16F4N4O2/c22-13-6-11(5-12(7-13)21(23,24)25)16(9-30)17-8-18(29-10-28-17)19-14-1-4-27-20(31)15(14)2-3-26-19/h2-3,5-8,10,16,30H,1,4,9H2,(H,27,31). The summed E-state index contributed by atoms with van der Waals surface area (Å²) in [6.45, 7) is -0.162. The summed E-state index contributed by atoms with van der Waals surface area (Å²) in [7, 11) is 0. The van der Waals surface area contributed by atoms with Crippen LogP contribution in [0.3, 0.4) is 0 Å². The molecule has 0 aliphatic carbocycles. The van der Waals surface area contributed by atoms with E-state index in [0.29, 0.717) is 41.5 Å². The van der Waals surface area contributed by atoms with Gasteiger partial charge in [-0.1, -0.05) is 0 Å². The summed E-state index contributed by atoms with van der Waals surface area (Å²) in [5, 5.41) is 12.6. The third kappa shape index (κ3) is 4.11. The Kier molecular flexibility index (Phi) is 5.40. The van der Waals surface area contributed by atoms with Crippen molar-refractivity contribution in [3.63, 3.8) is 0 Å². The van der Waals surface area contributed by atoms with Crippen LogP contribution in [0.5, 0.6) is 0 Å². The monoisotopic (exact) mass is 432 g/mol. The number of carbonyl (C=O) groups is 1. The van der Waals surface area contributed by atoms with Crippen LogP contribution in [0, 0.1) is 5.82 Å². The second-order valence-electron chi connectivity index (χ2n) is 7.03. The number of aromatic nitrogens is 3. The van der Waals surface area contributed by atoms with E-state index in [9.17, 15) is 27.5 Å². The lowest BCUT2D eigenvalue weighted by molar-refractivity contribution is -0.137. The maximum absolute atomic E-state index is 13.9. The van der Waals surface area contributed by atoms with Crippen LogP contribution in [-0.4, -0.2) is 39.1 Å². The molecule has 31 heavy (non-hydrogen) atoms. The number of pyridine rings is 1. The lowest BCUT2D eigenvalue weighted by Gasteiger charge is -2.20. The molecule has 3 aromatic rings. The highest BCUT2D eigenvalue weighted by Crippen LogP contribution is 2.34. The molecule has 2 aromatic heterocycles. The molecule has 10 heteroatoms. The van der Waals surface area contributed by atoms with Gasteiger partial charge in [0.05, 0.1) is 29.3 Å². The van der Waals surface area contributed by atoms with Crippen LogP contribution in [0.4, 0.5) is 17.6 Å². The first-order chi connectivity index (χ1) is 14.8. The minimum atomic E-state index is -4.73. The summed E-state index contributed by atoms with van der Waals surface area (Å²) in [6, 6.07) is 5.20. The van der Waals surface area contributed by atoms with Gasteiger partial charge in [-0.2, -0.15) is 13.2 Å². The largest absolute Gasteiger partial charge is 0.416 e. The zero-order chi connectivity index (χ0) is 22.2. The van der Waals surface area contributed by atoms with Crippen LogP contribution in [0.15, 0.2) is 42.9 Å². The summed E-state index contributed by atoms with van der Waals surface area (Å²) in [5.41, 5.74) is 0.940. The fourth-order valence-electron chi connectivity index (χ4n) is 3.61. The van der Waals surface area contributed by atoms with Crippen molar-refractivity contribution in [2.45, 2.75) is 18.5 Å². The van der Waals surface area contributed by atoms with Gasteiger partial charge in [-0.3, -0.25) is 9.78 Å². The minimum Gasteiger partial charge on any atom is -0.395 e. The normalized spacial score (nSPS) is 14.7. The maximum Gasteiger partial charge on any atom is 0.416 e. The Morgan fingerprint density at radius 3 is 2.68 bits per heavy atom. The molecule has 1 unspecified atom stereocenters. The number of amides is 1. The van der Waals surface area contributed by atoms with Gasteiger partial charge in [0.2, 0.25) is 0 Å². The molecule has 160 valence electrons. The molecule has 0 spiro atoms. The molecule has 0 saturated heterocycles. The number of carbonyl (C=O) groups excluding carboxylic acids is 1. The molecule has 2 N–H and O–H groups in total. The van der Waals surface area contributed by atoms with Gasteiger partial charge in [0.1, 0.15) is 12.1 Å². The number of rotatable bonds is 4. The van der Waals surface area contributed by atoms with E-state index in [-0.39, 0.29) is 17.2 Å². The summed E-state index contributed by atoms with van der Waals surface area (Å²) < 4.78 is 53.2. The smallest absolute Gasteiger partial charge is 0.395 e. The number of nitrogens with one attached hydrogen (secondary N) is 1. The maximum atomic E-state index is 13.9. The van der Waals surface area contributed by atoms with Crippen LogP contribution in [0.25, 0.3) is 11.4 Å². The molecule has 0 fully saturated rings. The van der Waals surface area contributed by atoms with Crippen LogP contribution in [-0.2, 0) is 12.6 Å². The second-order valence-corrected chi connectivity index (χ2v) is 7.03. The molecule has 1 atom stereocenters. The molecular formula is C21H16F4N4O2. The van der Waals surface area contributed by atoms with Crippen LogP contribution < -0.4 is 5.32 Å². The molecular weight excluding hydrogens is 416 g/mol. The van der Waals surface area contributed by atoms with Gasteiger partial charge >= 0.3 is 6.18 Å². The number of nitrogens with zero attached hydrogens (tertiary/aromatic N) is 3. The zero-order valence-corrected chi connectivity index (χ0v) is 15.9. The van der Waals surface area contributed by atoms with Crippen molar-refractivity contribution in [2.75, 3.05) is 13.2 Å². The number of aliphatic hydroxyl groups excluding tert-OH is 1. The van der Waals surface area contributed by atoms with Gasteiger partial charge in [0.25, 0.3) is 5.91 Å². The molecule has 3 heterocycles. The molecule has 0 radical (unpaired) electrons. The molecule has 0 saturated carbocycles. The third-order valence-corrected chi connectivity index (χ3v) is 5.08. The number of benzene rings is 1. The minimum absolute atomic E-state index is 0.0677. The highest BCUT2D eigenvalue weighted by Gasteiger charge is 2.32. The second kappa shape index (κ2) is 8.03. The average Bonchev–Trinajstić information content (AvgIpc) is 2.73. The molecule has 1 aliphatic rings. The Labute approximate surface area is 174 Å². The van der Waals surface area contributed by atoms with Crippen molar-refractivity contribution < 1.29 is 27.5 Å². The molecule has 1 amide bonds. The third-order valence-electron chi connectivity index (χ3n) is 5.08. The molecule has 1 aromatic carbocycles. The SMILES string of the molecule is O=C1NCCc2c1ccnc2-c1cc(C(CO)c2cc(F)cc(C(F)(F)F)c2)ncn1. The van der Waals surface area contributed by atoms with E-state index in [1.54, 1.807) is 6.07 Å². The first-order valence-corrected chi connectivity index (χ1v) is 9.35. The van der Waals surface area contributed by atoms with Crippen molar-refractivity contribution in [2.24, 2.45) is 0 Å². The van der Waals surface area contributed by atoms with Crippen molar-refractivity contribution in [1.29, 1.82) is 0 Å². The molecule has 1 aliphatic heterocycles. The van der Waals surface area contributed by atoms with E-state index in [4.69, 9.17) is 0 Å². The Balaban J connectivity index is 1.78. The van der Waals surface area contributed by atoms with Crippen LogP contribution in [0.2, 0.25) is 0 Å². The fourth-order valence-corrected chi connectivity index (χ4v) is 3.61. The van der Waals surface area contributed by atoms with Crippen molar-refractivity contribution >= 4 is 5.91 Å². The summed E-state index contributed by atoms with van der Waals surface area (Å²) in [4.78, 5) is 24.7. The lowest BCUT2D eigenvalue weighted by atomic mass is 9.93. The predicted octanol–water partition coefficient (Wildman–Crippen LogP) is 3.11. The number of fused-ring (bicyclic) bond motifs is 1. The number of halogens is 4. The Morgan fingerprint density at radius 2 is 1.94 bits per heavy atom. The van der Waals surface area contributed by atoms with Crippen LogP contribution in [0.1, 0.15) is 38.7 Å². The van der Waals surface area contributed by atoms with Gasteiger partial charge < -0.3 is 10.4 Å². The van der Waals surface area contributed by atoms with Gasteiger partial charge in [0.15, 0.2) is 0 Å². The number of aliphatic hydroxyl groups is 1. The van der Waals surface area contributed by atoms with E-state index >= 15 is 0 Å². The van der Waals surface area contributed by atoms with Gasteiger partial charge in [-0.05, 0) is 47.9 Å². The highest BCUT2D eigenvalue weighted by molar-refractivity contribution is 5.98. The number of hydrogen-bond acceptors (Lipinski definition) is 5. The average molecular weight is 432 g/mol. The van der Waals surface area contributed by atoms with Crippen molar-refractivity contribution in [3.8, 4) is 11.4 Å². The summed E-state index contributed by atoms with van der Waals surface area (Å²) in [5.74, 6) is -2.31. The quantitative estimate of drug-likeness (QED) is 0.619. The molecule has 0 bridgehead atoms.